The van der Waals surface area contributed by atoms with Gasteiger partial charge in [0.05, 0.1) is 5.60 Å². The van der Waals surface area contributed by atoms with Crippen molar-refractivity contribution >= 4 is 0 Å². The summed E-state index contributed by atoms with van der Waals surface area (Å²) in [5.41, 5.74) is 1.59. The van der Waals surface area contributed by atoms with E-state index >= 15 is 0 Å². The van der Waals surface area contributed by atoms with Crippen LogP contribution in [0.1, 0.15) is 25.3 Å². The Balaban J connectivity index is 1.66. The van der Waals surface area contributed by atoms with Crippen molar-refractivity contribution in [3.63, 3.8) is 0 Å². The van der Waals surface area contributed by atoms with Gasteiger partial charge in [0.1, 0.15) is 6.23 Å². The van der Waals surface area contributed by atoms with Gasteiger partial charge in [-0.25, -0.2) is 0 Å². The molecule has 2 heteroatoms. The van der Waals surface area contributed by atoms with Crippen LogP contribution in [0.5, 0.6) is 0 Å². The Kier molecular flexibility index (Phi) is 2.08. The lowest BCUT2D eigenvalue weighted by Gasteiger charge is -2.55. The maximum absolute atomic E-state index is 5.87. The second-order valence-electron chi connectivity index (χ2n) is 4.93. The Morgan fingerprint density at radius 2 is 2.13 bits per heavy atom. The van der Waals surface area contributed by atoms with E-state index in [1.54, 1.807) is 0 Å². The molecular weight excluding hydrogens is 186 g/mol. The minimum atomic E-state index is 0.206. The molecule has 0 aromatic heterocycles. The first-order chi connectivity index (χ1) is 7.25. The van der Waals surface area contributed by atoms with E-state index in [0.29, 0.717) is 6.23 Å². The molecule has 2 bridgehead atoms. The molecule has 0 saturated carbocycles. The molecule has 0 N–H and O–H groups in total. The first kappa shape index (κ1) is 9.37. The van der Waals surface area contributed by atoms with Crippen LogP contribution < -0.4 is 0 Å². The third kappa shape index (κ3) is 1.68. The lowest BCUT2D eigenvalue weighted by atomic mass is 9.86. The standard InChI is InChI=1S/C13H17NO/c1-13-7-8-14(12(9-13)15-13)10-11-5-3-2-4-6-11/h2-6,12H,7-10H2,1H3. The van der Waals surface area contributed by atoms with E-state index in [4.69, 9.17) is 4.74 Å². The fourth-order valence-corrected chi connectivity index (χ4v) is 2.58. The van der Waals surface area contributed by atoms with E-state index in [9.17, 15) is 0 Å². The van der Waals surface area contributed by atoms with Crippen molar-refractivity contribution < 1.29 is 4.74 Å². The highest BCUT2D eigenvalue weighted by molar-refractivity contribution is 5.15. The van der Waals surface area contributed by atoms with E-state index in [1.807, 2.05) is 0 Å². The van der Waals surface area contributed by atoms with Gasteiger partial charge in [0.15, 0.2) is 0 Å². The molecule has 3 fully saturated rings. The fourth-order valence-electron chi connectivity index (χ4n) is 2.58. The lowest BCUT2D eigenvalue weighted by Crippen LogP contribution is -2.62. The monoisotopic (exact) mass is 203 g/mol. The van der Waals surface area contributed by atoms with Gasteiger partial charge in [0.25, 0.3) is 0 Å². The average Bonchev–Trinajstić information content (AvgIpc) is 2.21. The molecule has 3 aliphatic heterocycles. The van der Waals surface area contributed by atoms with Gasteiger partial charge in [0, 0.05) is 19.5 Å². The Morgan fingerprint density at radius 1 is 1.40 bits per heavy atom. The van der Waals surface area contributed by atoms with Crippen LogP contribution in [0.25, 0.3) is 0 Å². The molecule has 1 aromatic carbocycles. The summed E-state index contributed by atoms with van der Waals surface area (Å²) in [4.78, 5) is 2.45. The molecule has 2 atom stereocenters. The predicted molar refractivity (Wildman–Crippen MR) is 59.4 cm³/mol. The molecule has 2 unspecified atom stereocenters. The molecule has 3 saturated heterocycles. The quantitative estimate of drug-likeness (QED) is 0.731. The third-order valence-corrected chi connectivity index (χ3v) is 3.59. The number of hydrogen-bond donors (Lipinski definition) is 0. The van der Waals surface area contributed by atoms with Crippen molar-refractivity contribution in [2.24, 2.45) is 0 Å². The molecule has 3 heterocycles. The molecule has 15 heavy (non-hydrogen) atoms. The van der Waals surface area contributed by atoms with Gasteiger partial charge in [-0.05, 0) is 18.9 Å². The molecule has 0 radical (unpaired) electrons. The number of fused-ring (bicyclic) bond motifs is 2. The van der Waals surface area contributed by atoms with Crippen LogP contribution in [0.4, 0.5) is 0 Å². The minimum Gasteiger partial charge on any atom is -0.357 e. The zero-order chi connectivity index (χ0) is 10.3. The highest BCUT2D eigenvalue weighted by Crippen LogP contribution is 2.42. The van der Waals surface area contributed by atoms with Crippen LogP contribution in [0.2, 0.25) is 0 Å². The highest BCUT2D eigenvalue weighted by Gasteiger charge is 2.48. The molecule has 0 amide bonds. The smallest absolute Gasteiger partial charge is 0.114 e. The molecule has 3 aliphatic rings. The Morgan fingerprint density at radius 3 is 2.73 bits per heavy atom. The molecule has 4 rings (SSSR count). The molecule has 0 aliphatic carbocycles. The first-order valence-corrected chi connectivity index (χ1v) is 5.71. The summed E-state index contributed by atoms with van der Waals surface area (Å²) in [7, 11) is 0. The van der Waals surface area contributed by atoms with Crippen LogP contribution >= 0.6 is 0 Å². The highest BCUT2D eigenvalue weighted by atomic mass is 16.6. The van der Waals surface area contributed by atoms with Crippen molar-refractivity contribution in [2.45, 2.75) is 38.1 Å². The number of hydrogen-bond acceptors (Lipinski definition) is 2. The molecule has 80 valence electrons. The molecule has 0 spiro atoms. The maximum Gasteiger partial charge on any atom is 0.114 e. The summed E-state index contributed by atoms with van der Waals surface area (Å²) in [6, 6.07) is 10.6. The van der Waals surface area contributed by atoms with Crippen LogP contribution in [0.15, 0.2) is 30.3 Å². The zero-order valence-electron chi connectivity index (χ0n) is 9.15. The van der Waals surface area contributed by atoms with Crippen molar-refractivity contribution in [3.05, 3.63) is 35.9 Å². The lowest BCUT2D eigenvalue weighted by molar-refractivity contribution is -0.290. The van der Waals surface area contributed by atoms with Crippen molar-refractivity contribution in [1.29, 1.82) is 0 Å². The minimum absolute atomic E-state index is 0.206. The van der Waals surface area contributed by atoms with E-state index < -0.39 is 0 Å². The van der Waals surface area contributed by atoms with Gasteiger partial charge < -0.3 is 4.74 Å². The normalized spacial score (nSPS) is 34.9. The Hall–Kier alpha value is -0.860. The zero-order valence-corrected chi connectivity index (χ0v) is 9.15. The number of piperidine rings is 1. The summed E-state index contributed by atoms with van der Waals surface area (Å²) in [6.07, 6.45) is 2.76. The second kappa shape index (κ2) is 3.32. The largest absolute Gasteiger partial charge is 0.357 e. The van der Waals surface area contributed by atoms with Gasteiger partial charge in [-0.1, -0.05) is 30.3 Å². The first-order valence-electron chi connectivity index (χ1n) is 5.71. The number of nitrogens with zero attached hydrogens (tertiary/aromatic N) is 1. The van der Waals surface area contributed by atoms with Crippen LogP contribution in [0.3, 0.4) is 0 Å². The molecular formula is C13H17NO. The van der Waals surface area contributed by atoms with E-state index in [1.165, 1.54) is 24.9 Å². The van der Waals surface area contributed by atoms with Crippen LogP contribution in [-0.4, -0.2) is 23.3 Å². The van der Waals surface area contributed by atoms with E-state index in [-0.39, 0.29) is 5.60 Å². The maximum atomic E-state index is 5.87. The van der Waals surface area contributed by atoms with Crippen molar-refractivity contribution in [1.82, 2.24) is 4.90 Å². The fraction of sp³-hybridized carbons (Fsp3) is 0.538. The number of ether oxygens (including phenoxy) is 1. The second-order valence-corrected chi connectivity index (χ2v) is 4.93. The summed E-state index contributed by atoms with van der Waals surface area (Å²) in [5.74, 6) is 0. The van der Waals surface area contributed by atoms with Gasteiger partial charge in [-0.15, -0.1) is 0 Å². The van der Waals surface area contributed by atoms with E-state index in [0.717, 1.165) is 6.54 Å². The van der Waals surface area contributed by atoms with E-state index in [2.05, 4.69) is 42.2 Å². The van der Waals surface area contributed by atoms with Gasteiger partial charge in [-0.3, -0.25) is 4.90 Å². The topological polar surface area (TPSA) is 12.5 Å². The van der Waals surface area contributed by atoms with Gasteiger partial charge in [-0.2, -0.15) is 0 Å². The van der Waals surface area contributed by atoms with Gasteiger partial charge >= 0.3 is 0 Å². The Labute approximate surface area is 90.8 Å². The average molecular weight is 203 g/mol. The summed E-state index contributed by atoms with van der Waals surface area (Å²) in [5, 5.41) is 0. The number of benzene rings is 1. The predicted octanol–water partition coefficient (Wildman–Crippen LogP) is 2.40. The molecule has 1 aromatic rings. The summed E-state index contributed by atoms with van der Waals surface area (Å²) in [6.45, 7) is 4.43. The summed E-state index contributed by atoms with van der Waals surface area (Å²) >= 11 is 0. The van der Waals surface area contributed by atoms with Crippen LogP contribution in [0, 0.1) is 0 Å². The van der Waals surface area contributed by atoms with Gasteiger partial charge in [0.2, 0.25) is 0 Å². The van der Waals surface area contributed by atoms with Crippen LogP contribution in [-0.2, 0) is 11.3 Å². The molecule has 2 nitrogen and oxygen atoms in total. The number of rotatable bonds is 2. The summed E-state index contributed by atoms with van der Waals surface area (Å²) < 4.78 is 5.87. The van der Waals surface area contributed by atoms with Crippen molar-refractivity contribution in [2.75, 3.05) is 6.54 Å². The SMILES string of the molecule is CC12CCN(Cc3ccccc3)C(C1)O2. The third-order valence-electron chi connectivity index (χ3n) is 3.59. The van der Waals surface area contributed by atoms with Crippen molar-refractivity contribution in [3.8, 4) is 0 Å². The Bertz CT molecular complexity index is 337.